The van der Waals surface area contributed by atoms with Crippen LogP contribution >= 0.6 is 0 Å². The Bertz CT molecular complexity index is 611. The Hall–Kier alpha value is -2.63. The van der Waals surface area contributed by atoms with Gasteiger partial charge in [0.2, 0.25) is 11.9 Å². The summed E-state index contributed by atoms with van der Waals surface area (Å²) < 4.78 is 0. The molecule has 1 aliphatic heterocycles. The Morgan fingerprint density at radius 3 is 2.39 bits per heavy atom. The summed E-state index contributed by atoms with van der Waals surface area (Å²) in [5, 5.41) is 3.27. The highest BCUT2D eigenvalue weighted by molar-refractivity contribution is 5.77. The number of aromatic nitrogens is 2. The molecule has 1 aromatic carbocycles. The van der Waals surface area contributed by atoms with Gasteiger partial charge in [0.25, 0.3) is 0 Å². The molecule has 6 nitrogen and oxygen atoms in total. The van der Waals surface area contributed by atoms with Crippen molar-refractivity contribution in [2.24, 2.45) is 0 Å². The first-order chi connectivity index (χ1) is 11.3. The largest absolute Gasteiger partial charge is 0.385 e. The molecule has 1 fully saturated rings. The van der Waals surface area contributed by atoms with Crippen LogP contribution in [0.15, 0.2) is 48.8 Å². The molecule has 0 aliphatic carbocycles. The molecule has 0 spiro atoms. The molecule has 1 aliphatic rings. The number of nitrogens with one attached hydrogen (secondary N) is 1. The topological polar surface area (TPSA) is 61.4 Å². The van der Waals surface area contributed by atoms with Gasteiger partial charge in [0.1, 0.15) is 0 Å². The van der Waals surface area contributed by atoms with E-state index in [9.17, 15) is 4.79 Å². The van der Waals surface area contributed by atoms with Gasteiger partial charge in [0.15, 0.2) is 0 Å². The van der Waals surface area contributed by atoms with E-state index in [1.165, 1.54) is 0 Å². The lowest BCUT2D eigenvalue weighted by Crippen LogP contribution is -2.49. The molecule has 1 aromatic heterocycles. The number of hydrogen-bond acceptors (Lipinski definition) is 5. The highest BCUT2D eigenvalue weighted by Crippen LogP contribution is 2.11. The number of piperazine rings is 1. The van der Waals surface area contributed by atoms with Gasteiger partial charge in [-0.2, -0.15) is 0 Å². The van der Waals surface area contributed by atoms with Gasteiger partial charge in [-0.3, -0.25) is 4.79 Å². The van der Waals surface area contributed by atoms with Crippen molar-refractivity contribution >= 4 is 17.5 Å². The van der Waals surface area contributed by atoms with E-state index in [1.807, 2.05) is 41.3 Å². The second-order valence-corrected chi connectivity index (χ2v) is 5.46. The highest BCUT2D eigenvalue weighted by atomic mass is 16.2. The molecular formula is C17H21N5O. The first-order valence-corrected chi connectivity index (χ1v) is 7.91. The molecule has 0 radical (unpaired) electrons. The van der Waals surface area contributed by atoms with Crippen molar-refractivity contribution in [1.29, 1.82) is 0 Å². The van der Waals surface area contributed by atoms with Gasteiger partial charge in [0.05, 0.1) is 0 Å². The zero-order valence-corrected chi connectivity index (χ0v) is 13.1. The number of nitrogens with zero attached hydrogens (tertiary/aromatic N) is 4. The zero-order valence-electron chi connectivity index (χ0n) is 13.1. The maximum Gasteiger partial charge on any atom is 0.225 e. The van der Waals surface area contributed by atoms with E-state index in [1.54, 1.807) is 12.4 Å². The minimum Gasteiger partial charge on any atom is -0.385 e. The average Bonchev–Trinajstić information content (AvgIpc) is 2.63. The quantitative estimate of drug-likeness (QED) is 0.909. The molecule has 1 N–H and O–H groups in total. The van der Waals surface area contributed by atoms with Gasteiger partial charge >= 0.3 is 0 Å². The molecule has 0 unspecified atom stereocenters. The lowest BCUT2D eigenvalue weighted by molar-refractivity contribution is -0.131. The predicted octanol–water partition coefficient (Wildman–Crippen LogP) is 1.63. The standard InChI is InChI=1S/C17H21N5O/c23-16(7-10-18-15-5-2-1-3-6-15)21-11-13-22(14-12-21)17-19-8-4-9-20-17/h1-6,8-9,18H,7,10-14H2. The number of para-hydroxylation sites is 1. The number of benzene rings is 1. The highest BCUT2D eigenvalue weighted by Gasteiger charge is 2.21. The number of hydrogen-bond donors (Lipinski definition) is 1. The predicted molar refractivity (Wildman–Crippen MR) is 90.4 cm³/mol. The normalized spacial score (nSPS) is 14.6. The Morgan fingerprint density at radius 2 is 1.70 bits per heavy atom. The fourth-order valence-electron chi connectivity index (χ4n) is 2.64. The van der Waals surface area contributed by atoms with Crippen LogP contribution in [0.4, 0.5) is 11.6 Å². The van der Waals surface area contributed by atoms with Crippen molar-refractivity contribution < 1.29 is 4.79 Å². The lowest BCUT2D eigenvalue weighted by atomic mass is 10.2. The van der Waals surface area contributed by atoms with E-state index < -0.39 is 0 Å². The van der Waals surface area contributed by atoms with Crippen molar-refractivity contribution in [1.82, 2.24) is 14.9 Å². The smallest absolute Gasteiger partial charge is 0.225 e. The molecule has 23 heavy (non-hydrogen) atoms. The van der Waals surface area contributed by atoms with Crippen LogP contribution in [-0.2, 0) is 4.79 Å². The Balaban J connectivity index is 1.41. The van der Waals surface area contributed by atoms with Crippen LogP contribution in [0.25, 0.3) is 0 Å². The van der Waals surface area contributed by atoms with Crippen LogP contribution in [0, 0.1) is 0 Å². The van der Waals surface area contributed by atoms with Crippen molar-refractivity contribution in [2.75, 3.05) is 42.9 Å². The molecule has 0 saturated carbocycles. The van der Waals surface area contributed by atoms with Crippen LogP contribution < -0.4 is 10.2 Å². The molecule has 0 bridgehead atoms. The molecule has 0 atom stereocenters. The molecule has 1 saturated heterocycles. The van der Waals surface area contributed by atoms with Crippen LogP contribution in [0.1, 0.15) is 6.42 Å². The number of rotatable bonds is 5. The van der Waals surface area contributed by atoms with E-state index in [0.717, 1.165) is 37.8 Å². The third kappa shape index (κ3) is 4.18. The maximum atomic E-state index is 12.3. The number of carbonyl (C=O) groups is 1. The zero-order chi connectivity index (χ0) is 15.9. The van der Waals surface area contributed by atoms with E-state index in [0.29, 0.717) is 13.0 Å². The summed E-state index contributed by atoms with van der Waals surface area (Å²) in [5.41, 5.74) is 1.05. The van der Waals surface area contributed by atoms with Gasteiger partial charge in [0, 0.05) is 57.2 Å². The second kappa shape index (κ2) is 7.58. The van der Waals surface area contributed by atoms with E-state index in [-0.39, 0.29) is 5.91 Å². The van der Waals surface area contributed by atoms with Crippen LogP contribution in [-0.4, -0.2) is 53.5 Å². The number of carbonyl (C=O) groups excluding carboxylic acids is 1. The third-order valence-corrected chi connectivity index (χ3v) is 3.91. The fraction of sp³-hybridized carbons (Fsp3) is 0.353. The van der Waals surface area contributed by atoms with Crippen LogP contribution in [0.2, 0.25) is 0 Å². The SMILES string of the molecule is O=C(CCNc1ccccc1)N1CCN(c2ncccn2)CC1. The lowest BCUT2D eigenvalue weighted by Gasteiger charge is -2.34. The van der Waals surface area contributed by atoms with E-state index >= 15 is 0 Å². The van der Waals surface area contributed by atoms with Crippen molar-refractivity contribution in [3.63, 3.8) is 0 Å². The summed E-state index contributed by atoms with van der Waals surface area (Å²) in [6, 6.07) is 11.8. The monoisotopic (exact) mass is 311 g/mol. The number of amides is 1. The van der Waals surface area contributed by atoms with Gasteiger partial charge < -0.3 is 15.1 Å². The molecule has 6 heteroatoms. The summed E-state index contributed by atoms with van der Waals surface area (Å²) in [7, 11) is 0. The number of anilines is 2. The van der Waals surface area contributed by atoms with Gasteiger partial charge in [-0.05, 0) is 18.2 Å². The van der Waals surface area contributed by atoms with Crippen molar-refractivity contribution in [2.45, 2.75) is 6.42 Å². The molecule has 3 rings (SSSR count). The third-order valence-electron chi connectivity index (χ3n) is 3.91. The van der Waals surface area contributed by atoms with Gasteiger partial charge in [-0.15, -0.1) is 0 Å². The second-order valence-electron chi connectivity index (χ2n) is 5.46. The average molecular weight is 311 g/mol. The van der Waals surface area contributed by atoms with Crippen LogP contribution in [0.5, 0.6) is 0 Å². The summed E-state index contributed by atoms with van der Waals surface area (Å²) in [6.45, 7) is 3.67. The Kier molecular flexibility index (Phi) is 5.03. The van der Waals surface area contributed by atoms with Crippen molar-refractivity contribution in [3.05, 3.63) is 48.8 Å². The Morgan fingerprint density at radius 1 is 1.00 bits per heavy atom. The van der Waals surface area contributed by atoms with E-state index in [2.05, 4.69) is 20.2 Å². The molecular weight excluding hydrogens is 290 g/mol. The molecule has 120 valence electrons. The van der Waals surface area contributed by atoms with E-state index in [4.69, 9.17) is 0 Å². The fourth-order valence-corrected chi connectivity index (χ4v) is 2.64. The molecule has 2 aromatic rings. The van der Waals surface area contributed by atoms with Gasteiger partial charge in [-0.1, -0.05) is 18.2 Å². The van der Waals surface area contributed by atoms with Crippen LogP contribution in [0.3, 0.4) is 0 Å². The minimum absolute atomic E-state index is 0.196. The van der Waals surface area contributed by atoms with Crippen molar-refractivity contribution in [3.8, 4) is 0 Å². The summed E-state index contributed by atoms with van der Waals surface area (Å²) in [4.78, 5) is 24.8. The first kappa shape index (κ1) is 15.3. The molecule has 2 heterocycles. The Labute approximate surface area is 136 Å². The maximum absolute atomic E-state index is 12.3. The van der Waals surface area contributed by atoms with Gasteiger partial charge in [-0.25, -0.2) is 9.97 Å². The summed E-state index contributed by atoms with van der Waals surface area (Å²) in [5.74, 6) is 0.937. The summed E-state index contributed by atoms with van der Waals surface area (Å²) >= 11 is 0. The molecule has 1 amide bonds. The summed E-state index contributed by atoms with van der Waals surface area (Å²) in [6.07, 6.45) is 4.00. The first-order valence-electron chi connectivity index (χ1n) is 7.91. The minimum atomic E-state index is 0.196.